The molecule has 2 heterocycles. The van der Waals surface area contributed by atoms with Crippen molar-refractivity contribution in [2.45, 2.75) is 31.7 Å². The fourth-order valence-corrected chi connectivity index (χ4v) is 3.19. The molecule has 3 rings (SSSR count). The van der Waals surface area contributed by atoms with Crippen LogP contribution in [0, 0.1) is 0 Å². The number of nitrogens with zero attached hydrogens (tertiary/aromatic N) is 1. The van der Waals surface area contributed by atoms with Crippen molar-refractivity contribution in [3.63, 3.8) is 0 Å². The minimum Gasteiger partial charge on any atom is -0.488 e. The maximum atomic E-state index is 6.00. The number of ether oxygens (including phenoxy) is 2. The molecule has 4 heteroatoms. The summed E-state index contributed by atoms with van der Waals surface area (Å²) in [5.74, 6) is 1.61. The van der Waals surface area contributed by atoms with Crippen LogP contribution in [-0.4, -0.2) is 48.7 Å². The van der Waals surface area contributed by atoms with E-state index in [4.69, 9.17) is 21.1 Å². The van der Waals surface area contributed by atoms with Crippen molar-refractivity contribution in [2.75, 3.05) is 25.5 Å². The summed E-state index contributed by atoms with van der Waals surface area (Å²) in [6.45, 7) is 4.93. The summed E-state index contributed by atoms with van der Waals surface area (Å²) in [4.78, 5) is 2.41. The van der Waals surface area contributed by atoms with E-state index in [0.717, 1.165) is 31.8 Å². The van der Waals surface area contributed by atoms with E-state index in [1.54, 1.807) is 0 Å². The normalized spacial score (nSPS) is 30.9. The molecule has 0 aromatic heterocycles. The van der Waals surface area contributed by atoms with Crippen molar-refractivity contribution in [1.82, 2.24) is 4.90 Å². The average molecular weight is 282 g/mol. The Morgan fingerprint density at radius 1 is 1.26 bits per heavy atom. The van der Waals surface area contributed by atoms with Crippen LogP contribution in [-0.2, 0) is 11.2 Å². The van der Waals surface area contributed by atoms with E-state index in [9.17, 15) is 0 Å². The monoisotopic (exact) mass is 281 g/mol. The molecule has 0 bridgehead atoms. The number of morpholine rings is 1. The lowest BCUT2D eigenvalue weighted by atomic mass is 10.1. The highest BCUT2D eigenvalue weighted by Crippen LogP contribution is 2.28. The number of alkyl halides is 1. The fourth-order valence-electron chi connectivity index (χ4n) is 3.02. The molecule has 0 aliphatic carbocycles. The molecule has 2 aliphatic rings. The second kappa shape index (κ2) is 5.70. The molecule has 19 heavy (non-hydrogen) atoms. The van der Waals surface area contributed by atoms with E-state index in [0.29, 0.717) is 5.88 Å². The Hall–Kier alpha value is -0.770. The average Bonchev–Trinajstić information content (AvgIpc) is 2.80. The van der Waals surface area contributed by atoms with Crippen molar-refractivity contribution >= 4 is 11.6 Å². The zero-order chi connectivity index (χ0) is 13.2. The number of benzene rings is 1. The van der Waals surface area contributed by atoms with E-state index in [1.165, 1.54) is 5.56 Å². The Morgan fingerprint density at radius 2 is 2.11 bits per heavy atom. The van der Waals surface area contributed by atoms with Gasteiger partial charge >= 0.3 is 0 Å². The van der Waals surface area contributed by atoms with Gasteiger partial charge < -0.3 is 9.47 Å². The van der Waals surface area contributed by atoms with Gasteiger partial charge in [-0.2, -0.15) is 0 Å². The maximum absolute atomic E-state index is 6.00. The van der Waals surface area contributed by atoms with Gasteiger partial charge in [0.05, 0.1) is 12.2 Å². The van der Waals surface area contributed by atoms with E-state index < -0.39 is 0 Å². The van der Waals surface area contributed by atoms with Crippen molar-refractivity contribution in [2.24, 2.45) is 0 Å². The van der Waals surface area contributed by atoms with Crippen molar-refractivity contribution < 1.29 is 9.47 Å². The van der Waals surface area contributed by atoms with Gasteiger partial charge in [-0.15, -0.1) is 11.6 Å². The first kappa shape index (κ1) is 13.2. The molecule has 0 spiro atoms. The van der Waals surface area contributed by atoms with Crippen LogP contribution in [0.1, 0.15) is 12.5 Å². The molecule has 3 atom stereocenters. The third-order valence-electron chi connectivity index (χ3n) is 3.75. The molecule has 2 aliphatic heterocycles. The second-order valence-electron chi connectivity index (χ2n) is 5.49. The van der Waals surface area contributed by atoms with E-state index in [-0.39, 0.29) is 18.3 Å². The molecule has 0 N–H and O–H groups in total. The first-order chi connectivity index (χ1) is 9.24. The summed E-state index contributed by atoms with van der Waals surface area (Å²) in [5, 5.41) is 0. The predicted molar refractivity (Wildman–Crippen MR) is 76.1 cm³/mol. The number of hydrogen-bond donors (Lipinski definition) is 0. The zero-order valence-corrected chi connectivity index (χ0v) is 12.0. The molecule has 1 saturated heterocycles. The van der Waals surface area contributed by atoms with Crippen molar-refractivity contribution in [1.29, 1.82) is 0 Å². The topological polar surface area (TPSA) is 21.7 Å². The Labute approximate surface area is 119 Å². The quantitative estimate of drug-likeness (QED) is 0.794. The number of fused-ring (bicyclic) bond motifs is 1. The summed E-state index contributed by atoms with van der Waals surface area (Å²) in [6.07, 6.45) is 1.67. The summed E-state index contributed by atoms with van der Waals surface area (Å²) < 4.78 is 11.8. The van der Waals surface area contributed by atoms with Gasteiger partial charge in [-0.3, -0.25) is 4.90 Å². The molecule has 1 fully saturated rings. The van der Waals surface area contributed by atoms with E-state index >= 15 is 0 Å². The van der Waals surface area contributed by atoms with Gasteiger partial charge in [0.1, 0.15) is 11.9 Å². The summed E-state index contributed by atoms with van der Waals surface area (Å²) in [7, 11) is 0. The zero-order valence-electron chi connectivity index (χ0n) is 11.2. The number of para-hydroxylation sites is 1. The van der Waals surface area contributed by atoms with Gasteiger partial charge in [-0.1, -0.05) is 18.2 Å². The third kappa shape index (κ3) is 3.04. The predicted octanol–water partition coefficient (Wildman–Crippen LogP) is 2.32. The highest BCUT2D eigenvalue weighted by atomic mass is 35.5. The first-order valence-electron chi connectivity index (χ1n) is 6.93. The van der Waals surface area contributed by atoms with Crippen LogP contribution in [0.25, 0.3) is 0 Å². The van der Waals surface area contributed by atoms with Crippen LogP contribution in [0.2, 0.25) is 0 Å². The molecular weight excluding hydrogens is 262 g/mol. The van der Waals surface area contributed by atoms with Crippen LogP contribution < -0.4 is 4.74 Å². The second-order valence-corrected chi connectivity index (χ2v) is 5.80. The number of halogens is 1. The highest BCUT2D eigenvalue weighted by molar-refractivity contribution is 6.18. The smallest absolute Gasteiger partial charge is 0.123 e. The van der Waals surface area contributed by atoms with Crippen LogP contribution in [0.4, 0.5) is 0 Å². The molecule has 3 nitrogen and oxygen atoms in total. The number of hydrogen-bond acceptors (Lipinski definition) is 3. The van der Waals surface area contributed by atoms with Crippen molar-refractivity contribution in [3.05, 3.63) is 29.8 Å². The van der Waals surface area contributed by atoms with Crippen molar-refractivity contribution in [3.8, 4) is 5.75 Å². The maximum Gasteiger partial charge on any atom is 0.123 e. The molecule has 1 aromatic rings. The Bertz CT molecular complexity index is 415. The molecule has 3 unspecified atom stereocenters. The van der Waals surface area contributed by atoms with Gasteiger partial charge in [0.2, 0.25) is 0 Å². The molecule has 0 saturated carbocycles. The third-order valence-corrected chi connectivity index (χ3v) is 4.09. The Morgan fingerprint density at radius 3 is 2.89 bits per heavy atom. The van der Waals surface area contributed by atoms with Gasteiger partial charge in [0.15, 0.2) is 0 Å². The van der Waals surface area contributed by atoms with Crippen LogP contribution in [0.5, 0.6) is 5.75 Å². The van der Waals surface area contributed by atoms with Crippen LogP contribution in [0.15, 0.2) is 24.3 Å². The van der Waals surface area contributed by atoms with Gasteiger partial charge in [0, 0.05) is 31.9 Å². The lowest BCUT2D eigenvalue weighted by Crippen LogP contribution is -2.50. The van der Waals surface area contributed by atoms with Gasteiger partial charge in [-0.25, -0.2) is 0 Å². The summed E-state index contributed by atoms with van der Waals surface area (Å²) >= 11 is 5.92. The lowest BCUT2D eigenvalue weighted by Gasteiger charge is -2.37. The minimum absolute atomic E-state index is 0.147. The number of rotatable bonds is 3. The summed E-state index contributed by atoms with van der Waals surface area (Å²) in [5.41, 5.74) is 1.32. The van der Waals surface area contributed by atoms with E-state index in [1.807, 2.05) is 6.07 Å². The largest absolute Gasteiger partial charge is 0.488 e. The molecule has 0 radical (unpaired) electrons. The van der Waals surface area contributed by atoms with Gasteiger partial charge in [0.25, 0.3) is 0 Å². The Balaban J connectivity index is 1.58. The van der Waals surface area contributed by atoms with Crippen LogP contribution in [0.3, 0.4) is 0 Å². The molecular formula is C15H20ClNO2. The molecule has 104 valence electrons. The SMILES string of the molecule is CC1CN(CC2Cc3ccccc3O2)CC(CCl)O1. The molecule has 1 aromatic carbocycles. The van der Waals surface area contributed by atoms with Crippen LogP contribution >= 0.6 is 11.6 Å². The standard InChI is InChI=1S/C15H20ClNO2/c1-11-8-17(10-14(7-16)18-11)9-13-6-12-4-2-3-5-15(12)19-13/h2-5,11,13-14H,6-10H2,1H3. The minimum atomic E-state index is 0.147. The first-order valence-corrected chi connectivity index (χ1v) is 7.46. The fraction of sp³-hybridized carbons (Fsp3) is 0.600. The summed E-state index contributed by atoms with van der Waals surface area (Å²) in [6, 6.07) is 8.31. The molecule has 0 amide bonds. The van der Waals surface area contributed by atoms with E-state index in [2.05, 4.69) is 30.0 Å². The Kier molecular flexibility index (Phi) is 3.96. The highest BCUT2D eigenvalue weighted by Gasteiger charge is 2.29. The lowest BCUT2D eigenvalue weighted by molar-refractivity contribution is -0.0724. The van der Waals surface area contributed by atoms with Gasteiger partial charge in [-0.05, 0) is 18.6 Å².